The fraction of sp³-hybridized carbons (Fsp3) is 0.562. The molecule has 0 radical (unpaired) electrons. The molecule has 1 unspecified atom stereocenters. The number of hydrogen-bond donors (Lipinski definition) is 2. The third-order valence-electron chi connectivity index (χ3n) is 3.26. The van der Waals surface area contributed by atoms with Gasteiger partial charge in [-0.05, 0) is 45.1 Å². The van der Waals surface area contributed by atoms with Crippen molar-refractivity contribution >= 4 is 5.96 Å². The molecule has 1 aliphatic carbocycles. The van der Waals surface area contributed by atoms with E-state index in [9.17, 15) is 5.21 Å². The lowest BCUT2D eigenvalue weighted by Crippen LogP contribution is -2.47. The van der Waals surface area contributed by atoms with Gasteiger partial charge in [-0.15, -0.1) is 0 Å². The Morgan fingerprint density at radius 2 is 1.90 bits per heavy atom. The molecule has 110 valence electrons. The van der Waals surface area contributed by atoms with Crippen LogP contribution in [0.25, 0.3) is 0 Å². The van der Waals surface area contributed by atoms with Crippen LogP contribution in [0, 0.1) is 5.92 Å². The molecule has 20 heavy (non-hydrogen) atoms. The maximum atomic E-state index is 9.81. The second kappa shape index (κ2) is 5.83. The lowest BCUT2D eigenvalue weighted by Gasteiger charge is -2.27. The molecule has 1 aromatic rings. The van der Waals surface area contributed by atoms with Crippen molar-refractivity contribution in [2.45, 2.75) is 45.2 Å². The van der Waals surface area contributed by atoms with E-state index >= 15 is 0 Å². The van der Waals surface area contributed by atoms with E-state index in [4.69, 9.17) is 4.99 Å². The van der Waals surface area contributed by atoms with Crippen LogP contribution in [0.2, 0.25) is 0 Å². The standard InChI is InChI=1S/C16H25N3O/c1-16(2,3)18-15(19(4)20)17-14(13-10-11-13)12-8-6-5-7-9-12/h5-9,13-14,20H,10-11H2,1-4H3,(H,17,18). The Kier molecular flexibility index (Phi) is 4.33. The van der Waals surface area contributed by atoms with Gasteiger partial charge in [0.15, 0.2) is 0 Å². The van der Waals surface area contributed by atoms with Crippen LogP contribution < -0.4 is 5.32 Å². The van der Waals surface area contributed by atoms with Gasteiger partial charge in [0.1, 0.15) is 0 Å². The lowest BCUT2D eigenvalue weighted by atomic mass is 10.0. The Hall–Kier alpha value is -1.55. The number of nitrogens with one attached hydrogen (secondary N) is 1. The Morgan fingerprint density at radius 1 is 1.30 bits per heavy atom. The van der Waals surface area contributed by atoms with Gasteiger partial charge in [-0.1, -0.05) is 30.3 Å². The van der Waals surface area contributed by atoms with Crippen LogP contribution in [0.5, 0.6) is 0 Å². The van der Waals surface area contributed by atoms with Gasteiger partial charge in [0, 0.05) is 12.6 Å². The van der Waals surface area contributed by atoms with Gasteiger partial charge in [0.2, 0.25) is 5.96 Å². The minimum absolute atomic E-state index is 0.121. The summed E-state index contributed by atoms with van der Waals surface area (Å²) in [6, 6.07) is 10.4. The molecular formula is C16H25N3O. The minimum Gasteiger partial charge on any atom is -0.350 e. The summed E-state index contributed by atoms with van der Waals surface area (Å²) >= 11 is 0. The largest absolute Gasteiger partial charge is 0.350 e. The first-order valence-electron chi connectivity index (χ1n) is 7.20. The maximum Gasteiger partial charge on any atom is 0.218 e. The quantitative estimate of drug-likeness (QED) is 0.506. The highest BCUT2D eigenvalue weighted by atomic mass is 16.5. The highest BCUT2D eigenvalue weighted by molar-refractivity contribution is 5.79. The van der Waals surface area contributed by atoms with Gasteiger partial charge in [0.25, 0.3) is 0 Å². The summed E-state index contributed by atoms with van der Waals surface area (Å²) in [4.78, 5) is 4.77. The number of hydrogen-bond acceptors (Lipinski definition) is 2. The second-order valence-electron chi connectivity index (χ2n) is 6.54. The summed E-state index contributed by atoms with van der Waals surface area (Å²) in [7, 11) is 1.60. The van der Waals surface area contributed by atoms with E-state index in [1.54, 1.807) is 7.05 Å². The first-order chi connectivity index (χ1) is 9.37. The summed E-state index contributed by atoms with van der Waals surface area (Å²) < 4.78 is 0. The van der Waals surface area contributed by atoms with E-state index in [1.807, 2.05) is 18.2 Å². The predicted octanol–water partition coefficient (Wildman–Crippen LogP) is 3.20. The number of nitrogens with zero attached hydrogens (tertiary/aromatic N) is 2. The van der Waals surface area contributed by atoms with Crippen LogP contribution in [-0.2, 0) is 0 Å². The predicted molar refractivity (Wildman–Crippen MR) is 81.8 cm³/mol. The van der Waals surface area contributed by atoms with Crippen LogP contribution in [0.4, 0.5) is 0 Å². The SMILES string of the molecule is CN(O)C(=NC(c1ccccc1)C1CC1)NC(C)(C)C. The molecule has 0 aromatic heterocycles. The molecule has 2 rings (SSSR count). The van der Waals surface area contributed by atoms with Crippen molar-refractivity contribution in [3.8, 4) is 0 Å². The molecule has 1 atom stereocenters. The van der Waals surface area contributed by atoms with Crippen LogP contribution in [0.15, 0.2) is 35.3 Å². The zero-order valence-electron chi connectivity index (χ0n) is 12.8. The van der Waals surface area contributed by atoms with Crippen molar-refractivity contribution in [3.63, 3.8) is 0 Å². The topological polar surface area (TPSA) is 47.9 Å². The third-order valence-corrected chi connectivity index (χ3v) is 3.26. The van der Waals surface area contributed by atoms with E-state index in [-0.39, 0.29) is 11.6 Å². The Labute approximate surface area is 121 Å². The molecule has 0 amide bonds. The zero-order valence-corrected chi connectivity index (χ0v) is 12.8. The van der Waals surface area contributed by atoms with Crippen molar-refractivity contribution in [1.82, 2.24) is 10.4 Å². The van der Waals surface area contributed by atoms with E-state index in [2.05, 4.69) is 38.2 Å². The fourth-order valence-electron chi connectivity index (χ4n) is 2.18. The smallest absolute Gasteiger partial charge is 0.218 e. The maximum absolute atomic E-state index is 9.81. The third kappa shape index (κ3) is 4.23. The fourth-order valence-corrected chi connectivity index (χ4v) is 2.18. The van der Waals surface area contributed by atoms with E-state index in [0.717, 1.165) is 5.06 Å². The summed E-state index contributed by atoms with van der Waals surface area (Å²) in [6.45, 7) is 6.17. The summed E-state index contributed by atoms with van der Waals surface area (Å²) in [5, 5.41) is 14.2. The van der Waals surface area contributed by atoms with Gasteiger partial charge in [-0.3, -0.25) is 5.21 Å². The van der Waals surface area contributed by atoms with Crippen molar-refractivity contribution in [2.24, 2.45) is 10.9 Å². The van der Waals surface area contributed by atoms with Crippen LogP contribution in [-0.4, -0.2) is 28.8 Å². The molecular weight excluding hydrogens is 250 g/mol. The molecule has 1 aromatic carbocycles. The number of aliphatic imine (C=N–C) groups is 1. The average molecular weight is 275 g/mol. The summed E-state index contributed by atoms with van der Waals surface area (Å²) in [6.07, 6.45) is 2.42. The van der Waals surface area contributed by atoms with Crippen molar-refractivity contribution in [1.29, 1.82) is 0 Å². The highest BCUT2D eigenvalue weighted by Crippen LogP contribution is 2.43. The van der Waals surface area contributed by atoms with Gasteiger partial charge in [-0.2, -0.15) is 0 Å². The van der Waals surface area contributed by atoms with Crippen LogP contribution >= 0.6 is 0 Å². The first-order valence-corrected chi connectivity index (χ1v) is 7.20. The molecule has 0 spiro atoms. The number of benzene rings is 1. The minimum atomic E-state index is -0.138. The Morgan fingerprint density at radius 3 is 2.35 bits per heavy atom. The monoisotopic (exact) mass is 275 g/mol. The van der Waals surface area contributed by atoms with Crippen molar-refractivity contribution in [3.05, 3.63) is 35.9 Å². The second-order valence-corrected chi connectivity index (χ2v) is 6.54. The van der Waals surface area contributed by atoms with Gasteiger partial charge in [-0.25, -0.2) is 10.1 Å². The summed E-state index contributed by atoms with van der Waals surface area (Å²) in [5.74, 6) is 1.12. The van der Waals surface area contributed by atoms with E-state index in [0.29, 0.717) is 11.9 Å². The molecule has 0 aliphatic heterocycles. The number of hydroxylamine groups is 2. The first kappa shape index (κ1) is 14.9. The Bertz CT molecular complexity index is 458. The number of rotatable bonds is 3. The molecule has 0 bridgehead atoms. The lowest BCUT2D eigenvalue weighted by molar-refractivity contribution is 0.00664. The molecule has 0 saturated heterocycles. The molecule has 4 heteroatoms. The zero-order chi connectivity index (χ0) is 14.8. The molecule has 1 saturated carbocycles. The van der Waals surface area contributed by atoms with Crippen LogP contribution in [0.3, 0.4) is 0 Å². The van der Waals surface area contributed by atoms with Gasteiger partial charge in [0.05, 0.1) is 6.04 Å². The van der Waals surface area contributed by atoms with Gasteiger partial charge < -0.3 is 5.32 Å². The molecule has 2 N–H and O–H groups in total. The van der Waals surface area contributed by atoms with Crippen molar-refractivity contribution < 1.29 is 5.21 Å². The van der Waals surface area contributed by atoms with Crippen molar-refractivity contribution in [2.75, 3.05) is 7.05 Å². The molecule has 1 aliphatic rings. The molecule has 1 fully saturated rings. The highest BCUT2D eigenvalue weighted by Gasteiger charge is 2.33. The van der Waals surface area contributed by atoms with E-state index < -0.39 is 0 Å². The number of guanidine groups is 1. The normalized spacial score (nSPS) is 17.8. The van der Waals surface area contributed by atoms with Crippen LogP contribution in [0.1, 0.15) is 45.2 Å². The van der Waals surface area contributed by atoms with E-state index in [1.165, 1.54) is 18.4 Å². The summed E-state index contributed by atoms with van der Waals surface area (Å²) in [5.41, 5.74) is 1.07. The Balaban J connectivity index is 2.26. The average Bonchev–Trinajstić information content (AvgIpc) is 3.18. The van der Waals surface area contributed by atoms with Gasteiger partial charge >= 0.3 is 0 Å². The molecule has 0 heterocycles. The molecule has 4 nitrogen and oxygen atoms in total.